The summed E-state index contributed by atoms with van der Waals surface area (Å²) < 4.78 is 12.9. The van der Waals surface area contributed by atoms with E-state index in [2.05, 4.69) is 5.92 Å². The van der Waals surface area contributed by atoms with Crippen molar-refractivity contribution < 1.29 is 4.39 Å². The number of anilines is 1. The first kappa shape index (κ1) is 8.58. The number of hydrogen-bond acceptors (Lipinski definition) is 1. The van der Waals surface area contributed by atoms with Gasteiger partial charge in [0.25, 0.3) is 0 Å². The molecule has 0 bridgehead atoms. The van der Waals surface area contributed by atoms with Crippen LogP contribution in [0.15, 0.2) is 30.3 Å². The zero-order valence-electron chi connectivity index (χ0n) is 7.42. The van der Waals surface area contributed by atoms with Gasteiger partial charge in [0.05, 0.1) is 5.56 Å². The summed E-state index contributed by atoms with van der Waals surface area (Å²) in [5.41, 5.74) is 6.87. The van der Waals surface area contributed by atoms with Crippen LogP contribution in [0.4, 0.5) is 10.1 Å². The maximum Gasteiger partial charge on any atom is 0.123 e. The maximum absolute atomic E-state index is 12.9. The van der Waals surface area contributed by atoms with Crippen molar-refractivity contribution in [3.63, 3.8) is 0 Å². The van der Waals surface area contributed by atoms with Crippen molar-refractivity contribution in [2.75, 3.05) is 5.73 Å². The summed E-state index contributed by atoms with van der Waals surface area (Å²) >= 11 is 0. The number of hydrogen-bond donors (Lipinski definition) is 1. The van der Waals surface area contributed by atoms with Crippen LogP contribution in [0.1, 0.15) is 5.56 Å². The normalized spacial score (nSPS) is 10.0. The number of benzene rings is 2. The van der Waals surface area contributed by atoms with Crippen molar-refractivity contribution in [1.29, 1.82) is 0 Å². The number of nitrogen functional groups attached to an aromatic ring is 1. The molecule has 2 N–H and O–H groups in total. The van der Waals surface area contributed by atoms with Crippen molar-refractivity contribution in [2.45, 2.75) is 0 Å². The minimum atomic E-state index is -0.273. The monoisotopic (exact) mass is 185 g/mol. The Morgan fingerprint density at radius 2 is 2.00 bits per heavy atom. The Morgan fingerprint density at radius 3 is 2.71 bits per heavy atom. The van der Waals surface area contributed by atoms with E-state index in [0.29, 0.717) is 11.3 Å². The summed E-state index contributed by atoms with van der Waals surface area (Å²) in [7, 11) is 0. The van der Waals surface area contributed by atoms with Crippen LogP contribution in [0.2, 0.25) is 0 Å². The Morgan fingerprint density at radius 1 is 1.21 bits per heavy atom. The molecule has 0 aliphatic heterocycles. The zero-order chi connectivity index (χ0) is 10.1. The Balaban J connectivity index is 2.90. The van der Waals surface area contributed by atoms with Crippen LogP contribution in [0.3, 0.4) is 0 Å². The average molecular weight is 185 g/mol. The highest BCUT2D eigenvalue weighted by Crippen LogP contribution is 2.23. The molecule has 0 saturated carbocycles. The first-order valence-electron chi connectivity index (χ1n) is 4.17. The minimum absolute atomic E-state index is 0.273. The largest absolute Gasteiger partial charge is 0.398 e. The van der Waals surface area contributed by atoms with Crippen LogP contribution in [0, 0.1) is 18.2 Å². The number of terminal acetylenes is 1. The molecule has 2 aromatic rings. The molecule has 2 rings (SSSR count). The van der Waals surface area contributed by atoms with E-state index in [9.17, 15) is 4.39 Å². The molecule has 0 aliphatic rings. The highest BCUT2D eigenvalue weighted by Gasteiger charge is 2.03. The van der Waals surface area contributed by atoms with Gasteiger partial charge in [0.2, 0.25) is 0 Å². The third-order valence-electron chi connectivity index (χ3n) is 2.16. The van der Waals surface area contributed by atoms with Crippen LogP contribution in [-0.4, -0.2) is 0 Å². The maximum atomic E-state index is 12.9. The summed E-state index contributed by atoms with van der Waals surface area (Å²) in [6.07, 6.45) is 5.33. The van der Waals surface area contributed by atoms with Crippen molar-refractivity contribution in [3.8, 4) is 12.3 Å². The van der Waals surface area contributed by atoms with Gasteiger partial charge in [-0.05, 0) is 29.0 Å². The molecule has 0 radical (unpaired) electrons. The molecule has 0 amide bonds. The van der Waals surface area contributed by atoms with E-state index < -0.39 is 0 Å². The lowest BCUT2D eigenvalue weighted by atomic mass is 10.0. The fourth-order valence-corrected chi connectivity index (χ4v) is 1.48. The van der Waals surface area contributed by atoms with Crippen molar-refractivity contribution in [1.82, 2.24) is 0 Å². The van der Waals surface area contributed by atoms with Crippen molar-refractivity contribution >= 4 is 16.5 Å². The molecule has 0 fully saturated rings. The van der Waals surface area contributed by atoms with Gasteiger partial charge in [-0.15, -0.1) is 6.42 Å². The summed E-state index contributed by atoms with van der Waals surface area (Å²) in [4.78, 5) is 0. The van der Waals surface area contributed by atoms with Crippen LogP contribution in [0.25, 0.3) is 10.8 Å². The predicted molar refractivity (Wildman–Crippen MR) is 56.3 cm³/mol. The highest BCUT2D eigenvalue weighted by molar-refractivity contribution is 5.92. The third-order valence-corrected chi connectivity index (χ3v) is 2.16. The Labute approximate surface area is 81.3 Å². The Hall–Kier alpha value is -2.01. The van der Waals surface area contributed by atoms with E-state index in [4.69, 9.17) is 12.2 Å². The van der Waals surface area contributed by atoms with Gasteiger partial charge >= 0.3 is 0 Å². The topological polar surface area (TPSA) is 26.0 Å². The Kier molecular flexibility index (Phi) is 1.86. The molecular formula is C12H8FN. The molecule has 0 atom stereocenters. The minimum Gasteiger partial charge on any atom is -0.398 e. The fraction of sp³-hybridized carbons (Fsp3) is 0. The van der Waals surface area contributed by atoms with Crippen LogP contribution in [-0.2, 0) is 0 Å². The lowest BCUT2D eigenvalue weighted by Crippen LogP contribution is -1.91. The number of nitrogens with two attached hydrogens (primary N) is 1. The second-order valence-corrected chi connectivity index (χ2v) is 3.04. The average Bonchev–Trinajstić information content (AvgIpc) is 2.18. The van der Waals surface area contributed by atoms with E-state index >= 15 is 0 Å². The van der Waals surface area contributed by atoms with E-state index in [0.717, 1.165) is 10.8 Å². The molecule has 2 heteroatoms. The molecule has 0 heterocycles. The van der Waals surface area contributed by atoms with E-state index in [1.54, 1.807) is 18.2 Å². The van der Waals surface area contributed by atoms with Crippen LogP contribution in [0.5, 0.6) is 0 Å². The van der Waals surface area contributed by atoms with Gasteiger partial charge in [-0.1, -0.05) is 18.1 Å². The standard InChI is InChI=1S/C12H8FN/c1-2-10-11-5-4-9(13)7-8(11)3-6-12(10)14/h1,3-7H,14H2. The second-order valence-electron chi connectivity index (χ2n) is 3.04. The van der Waals surface area contributed by atoms with Crippen LogP contribution < -0.4 is 5.73 Å². The van der Waals surface area contributed by atoms with Gasteiger partial charge in [-0.2, -0.15) is 0 Å². The molecule has 14 heavy (non-hydrogen) atoms. The SMILES string of the molecule is C#Cc1c(N)ccc2cc(F)ccc12. The summed E-state index contributed by atoms with van der Waals surface area (Å²) in [5.74, 6) is 2.24. The Bertz CT molecular complexity index is 538. The molecule has 0 unspecified atom stereocenters. The van der Waals surface area contributed by atoms with E-state index in [1.807, 2.05) is 0 Å². The smallest absolute Gasteiger partial charge is 0.123 e. The molecule has 68 valence electrons. The van der Waals surface area contributed by atoms with E-state index in [1.165, 1.54) is 12.1 Å². The van der Waals surface area contributed by atoms with Crippen LogP contribution >= 0.6 is 0 Å². The quantitative estimate of drug-likeness (QED) is 0.495. The van der Waals surface area contributed by atoms with Gasteiger partial charge in [-0.3, -0.25) is 0 Å². The summed E-state index contributed by atoms with van der Waals surface area (Å²) in [6, 6.07) is 7.92. The zero-order valence-corrected chi connectivity index (χ0v) is 7.42. The fourth-order valence-electron chi connectivity index (χ4n) is 1.48. The van der Waals surface area contributed by atoms with Crippen molar-refractivity contribution in [3.05, 3.63) is 41.7 Å². The van der Waals surface area contributed by atoms with Crippen molar-refractivity contribution in [2.24, 2.45) is 0 Å². The molecule has 0 aliphatic carbocycles. The second kappa shape index (κ2) is 3.04. The molecule has 0 aromatic heterocycles. The number of rotatable bonds is 0. The molecule has 2 aromatic carbocycles. The number of fused-ring (bicyclic) bond motifs is 1. The molecule has 0 spiro atoms. The first-order chi connectivity index (χ1) is 6.72. The first-order valence-corrected chi connectivity index (χ1v) is 4.17. The molecular weight excluding hydrogens is 177 g/mol. The van der Waals surface area contributed by atoms with Gasteiger partial charge in [-0.25, -0.2) is 4.39 Å². The van der Waals surface area contributed by atoms with Gasteiger partial charge in [0.15, 0.2) is 0 Å². The van der Waals surface area contributed by atoms with Gasteiger partial charge < -0.3 is 5.73 Å². The molecule has 0 saturated heterocycles. The lowest BCUT2D eigenvalue weighted by molar-refractivity contribution is 0.630. The predicted octanol–water partition coefficient (Wildman–Crippen LogP) is 2.54. The van der Waals surface area contributed by atoms with E-state index in [-0.39, 0.29) is 5.82 Å². The lowest BCUT2D eigenvalue weighted by Gasteiger charge is -2.04. The summed E-state index contributed by atoms with van der Waals surface area (Å²) in [6.45, 7) is 0. The molecule has 1 nitrogen and oxygen atoms in total. The third kappa shape index (κ3) is 1.20. The summed E-state index contributed by atoms with van der Waals surface area (Å²) in [5, 5.41) is 1.58. The van der Waals surface area contributed by atoms with Gasteiger partial charge in [0.1, 0.15) is 5.82 Å². The number of halogens is 1. The highest BCUT2D eigenvalue weighted by atomic mass is 19.1. The van der Waals surface area contributed by atoms with Gasteiger partial charge in [0, 0.05) is 5.69 Å².